The minimum Gasteiger partial charge on any atom is -0.478 e. The van der Waals surface area contributed by atoms with Gasteiger partial charge in [0.1, 0.15) is 10.7 Å². The standard InChI is InChI=1S/C10H6FN3O3S/c11-5-1-2-7(6(3-5)10(16)17)13-9(15)8-4-12-14-18-8/h1-4H,(H,13,15)(H,16,17). The fourth-order valence-corrected chi connectivity index (χ4v) is 1.66. The lowest BCUT2D eigenvalue weighted by Gasteiger charge is -2.06. The van der Waals surface area contributed by atoms with Crippen LogP contribution in [0.1, 0.15) is 20.0 Å². The van der Waals surface area contributed by atoms with E-state index in [4.69, 9.17) is 5.11 Å². The number of nitrogens with zero attached hydrogens (tertiary/aromatic N) is 2. The molecular formula is C10H6FN3O3S. The minimum atomic E-state index is -1.33. The predicted octanol–water partition coefficient (Wildman–Crippen LogP) is 1.63. The van der Waals surface area contributed by atoms with Gasteiger partial charge in [-0.3, -0.25) is 4.79 Å². The number of hydrogen-bond acceptors (Lipinski definition) is 5. The molecule has 1 aromatic heterocycles. The molecule has 0 aliphatic heterocycles. The Bertz CT molecular complexity index is 600. The number of rotatable bonds is 3. The zero-order valence-corrected chi connectivity index (χ0v) is 9.57. The Hall–Kier alpha value is -2.35. The number of carbonyl (C=O) groups excluding carboxylic acids is 1. The molecular weight excluding hydrogens is 261 g/mol. The largest absolute Gasteiger partial charge is 0.478 e. The van der Waals surface area contributed by atoms with Gasteiger partial charge < -0.3 is 10.4 Å². The van der Waals surface area contributed by atoms with Crippen molar-refractivity contribution in [1.82, 2.24) is 9.59 Å². The topological polar surface area (TPSA) is 92.2 Å². The van der Waals surface area contributed by atoms with Crippen molar-refractivity contribution in [3.8, 4) is 0 Å². The highest BCUT2D eigenvalue weighted by Gasteiger charge is 2.15. The molecule has 18 heavy (non-hydrogen) atoms. The van der Waals surface area contributed by atoms with Gasteiger partial charge in [0.15, 0.2) is 0 Å². The first-order valence-electron chi connectivity index (χ1n) is 4.69. The van der Waals surface area contributed by atoms with Crippen LogP contribution >= 0.6 is 11.5 Å². The van der Waals surface area contributed by atoms with Crippen molar-refractivity contribution in [2.45, 2.75) is 0 Å². The monoisotopic (exact) mass is 267 g/mol. The Morgan fingerprint density at radius 2 is 2.17 bits per heavy atom. The highest BCUT2D eigenvalue weighted by molar-refractivity contribution is 7.07. The summed E-state index contributed by atoms with van der Waals surface area (Å²) >= 11 is 0.873. The van der Waals surface area contributed by atoms with Crippen molar-refractivity contribution in [2.75, 3.05) is 5.32 Å². The fourth-order valence-electron chi connectivity index (χ4n) is 1.25. The summed E-state index contributed by atoms with van der Waals surface area (Å²) in [6.07, 6.45) is 1.25. The van der Waals surface area contributed by atoms with Crippen LogP contribution in [0.5, 0.6) is 0 Å². The van der Waals surface area contributed by atoms with E-state index < -0.39 is 17.7 Å². The summed E-state index contributed by atoms with van der Waals surface area (Å²) in [7, 11) is 0. The normalized spacial score (nSPS) is 10.1. The summed E-state index contributed by atoms with van der Waals surface area (Å²) in [5.41, 5.74) is -0.303. The lowest BCUT2D eigenvalue weighted by molar-refractivity contribution is 0.0697. The molecule has 0 spiro atoms. The van der Waals surface area contributed by atoms with Crippen LogP contribution in [-0.4, -0.2) is 26.6 Å². The number of aromatic carboxylic acids is 1. The van der Waals surface area contributed by atoms with E-state index in [1.54, 1.807) is 0 Å². The van der Waals surface area contributed by atoms with Crippen LogP contribution in [0.15, 0.2) is 24.4 Å². The third-order valence-corrected chi connectivity index (χ3v) is 2.71. The Morgan fingerprint density at radius 3 is 2.78 bits per heavy atom. The van der Waals surface area contributed by atoms with E-state index in [9.17, 15) is 14.0 Å². The first-order chi connectivity index (χ1) is 8.58. The maximum atomic E-state index is 12.9. The van der Waals surface area contributed by atoms with Crippen LogP contribution in [0.25, 0.3) is 0 Å². The Kier molecular flexibility index (Phi) is 3.28. The predicted molar refractivity (Wildman–Crippen MR) is 61.2 cm³/mol. The van der Waals surface area contributed by atoms with Gasteiger partial charge >= 0.3 is 5.97 Å². The van der Waals surface area contributed by atoms with Crippen LogP contribution in [0.4, 0.5) is 10.1 Å². The van der Waals surface area contributed by atoms with Gasteiger partial charge in [-0.25, -0.2) is 9.18 Å². The fraction of sp³-hybridized carbons (Fsp3) is 0. The molecule has 8 heteroatoms. The van der Waals surface area contributed by atoms with E-state index >= 15 is 0 Å². The van der Waals surface area contributed by atoms with Gasteiger partial charge in [-0.1, -0.05) is 4.49 Å². The summed E-state index contributed by atoms with van der Waals surface area (Å²) in [4.78, 5) is 22.8. The number of benzene rings is 1. The van der Waals surface area contributed by atoms with Crippen molar-refractivity contribution in [3.05, 3.63) is 40.7 Å². The molecule has 0 aliphatic rings. The molecule has 1 amide bonds. The molecule has 6 nitrogen and oxygen atoms in total. The lowest BCUT2D eigenvalue weighted by Crippen LogP contribution is -2.13. The van der Waals surface area contributed by atoms with Crippen molar-refractivity contribution in [1.29, 1.82) is 0 Å². The number of hydrogen-bond donors (Lipinski definition) is 2. The Labute approximate surface area is 104 Å². The van der Waals surface area contributed by atoms with Gasteiger partial charge in [0, 0.05) is 0 Å². The van der Waals surface area contributed by atoms with E-state index in [1.807, 2.05) is 0 Å². The van der Waals surface area contributed by atoms with Crippen molar-refractivity contribution < 1.29 is 19.1 Å². The van der Waals surface area contributed by atoms with Gasteiger partial charge in [-0.15, -0.1) is 5.10 Å². The van der Waals surface area contributed by atoms with Gasteiger partial charge in [0.05, 0.1) is 17.4 Å². The summed E-state index contributed by atoms with van der Waals surface area (Å²) in [5.74, 6) is -2.56. The molecule has 1 heterocycles. The number of carboxylic acids is 1. The maximum absolute atomic E-state index is 12.9. The quantitative estimate of drug-likeness (QED) is 0.881. The number of carbonyl (C=O) groups is 2. The Morgan fingerprint density at radius 1 is 1.39 bits per heavy atom. The summed E-state index contributed by atoms with van der Waals surface area (Å²) < 4.78 is 16.4. The molecule has 0 saturated carbocycles. The number of amides is 1. The molecule has 0 atom stereocenters. The smallest absolute Gasteiger partial charge is 0.337 e. The van der Waals surface area contributed by atoms with Crippen LogP contribution in [0, 0.1) is 5.82 Å². The SMILES string of the molecule is O=C(Nc1ccc(F)cc1C(=O)O)c1cnns1. The summed E-state index contributed by atoms with van der Waals surface area (Å²) in [6.45, 7) is 0. The van der Waals surface area contributed by atoms with E-state index in [0.717, 1.165) is 23.7 Å². The highest BCUT2D eigenvalue weighted by atomic mass is 32.1. The second-order valence-corrected chi connectivity index (χ2v) is 4.02. The van der Waals surface area contributed by atoms with Gasteiger partial charge in [-0.05, 0) is 29.7 Å². The van der Waals surface area contributed by atoms with Crippen LogP contribution < -0.4 is 5.32 Å². The second-order valence-electron chi connectivity index (χ2n) is 3.23. The van der Waals surface area contributed by atoms with Gasteiger partial charge in [0.25, 0.3) is 5.91 Å². The molecule has 2 rings (SSSR count). The minimum absolute atomic E-state index is 0.0160. The average molecular weight is 267 g/mol. The molecule has 0 bridgehead atoms. The van der Waals surface area contributed by atoms with Crippen LogP contribution in [0.2, 0.25) is 0 Å². The first kappa shape index (κ1) is 12.1. The third kappa shape index (κ3) is 2.48. The van der Waals surface area contributed by atoms with Crippen molar-refractivity contribution in [2.24, 2.45) is 0 Å². The molecule has 0 saturated heterocycles. The second kappa shape index (κ2) is 4.88. The molecule has 1 aromatic carbocycles. The zero-order chi connectivity index (χ0) is 13.1. The highest BCUT2D eigenvalue weighted by Crippen LogP contribution is 2.18. The van der Waals surface area contributed by atoms with Crippen LogP contribution in [-0.2, 0) is 0 Å². The molecule has 0 aliphatic carbocycles. The third-order valence-electron chi connectivity index (χ3n) is 2.05. The Balaban J connectivity index is 2.29. The molecule has 0 radical (unpaired) electrons. The summed E-state index contributed by atoms with van der Waals surface area (Å²) in [6, 6.07) is 3.08. The maximum Gasteiger partial charge on any atom is 0.337 e. The number of halogens is 1. The van der Waals surface area contributed by atoms with Crippen LogP contribution in [0.3, 0.4) is 0 Å². The van der Waals surface area contributed by atoms with E-state index in [1.165, 1.54) is 12.3 Å². The van der Waals surface area contributed by atoms with Gasteiger partial charge in [-0.2, -0.15) is 0 Å². The number of carboxylic acid groups (broad SMARTS) is 1. The molecule has 2 N–H and O–H groups in total. The summed E-state index contributed by atoms with van der Waals surface area (Å²) in [5, 5.41) is 14.7. The number of nitrogens with one attached hydrogen (secondary N) is 1. The van der Waals surface area contributed by atoms with Gasteiger partial charge in [0.2, 0.25) is 0 Å². The van der Waals surface area contributed by atoms with E-state index in [-0.39, 0.29) is 16.1 Å². The molecule has 0 unspecified atom stereocenters. The van der Waals surface area contributed by atoms with E-state index in [2.05, 4.69) is 14.9 Å². The molecule has 2 aromatic rings. The van der Waals surface area contributed by atoms with Crippen molar-refractivity contribution in [3.63, 3.8) is 0 Å². The lowest BCUT2D eigenvalue weighted by atomic mass is 10.1. The first-order valence-corrected chi connectivity index (χ1v) is 5.47. The molecule has 92 valence electrons. The zero-order valence-electron chi connectivity index (χ0n) is 8.75. The molecule has 0 fully saturated rings. The number of anilines is 1. The van der Waals surface area contributed by atoms with Crippen molar-refractivity contribution >= 4 is 29.1 Å². The number of aromatic nitrogens is 2. The average Bonchev–Trinajstić information content (AvgIpc) is 2.84. The van der Waals surface area contributed by atoms with E-state index in [0.29, 0.717) is 0 Å².